The Hall–Kier alpha value is -2.32. The summed E-state index contributed by atoms with van der Waals surface area (Å²) in [4.78, 5) is 26.7. The third kappa shape index (κ3) is 3.60. The highest BCUT2D eigenvalue weighted by atomic mass is 32.1. The van der Waals surface area contributed by atoms with E-state index in [1.807, 2.05) is 0 Å². The summed E-state index contributed by atoms with van der Waals surface area (Å²) in [7, 11) is 0. The molecule has 3 rings (SSSR count). The zero-order valence-electron chi connectivity index (χ0n) is 12.8. The Morgan fingerprint density at radius 3 is 2.75 bits per heavy atom. The Labute approximate surface area is 142 Å². The van der Waals surface area contributed by atoms with E-state index in [0.717, 1.165) is 24.8 Å². The molecule has 1 fully saturated rings. The van der Waals surface area contributed by atoms with Crippen molar-refractivity contribution in [2.24, 2.45) is 5.92 Å². The lowest BCUT2D eigenvalue weighted by Crippen LogP contribution is -2.32. The Morgan fingerprint density at radius 2 is 2.12 bits per heavy atom. The average Bonchev–Trinajstić information content (AvgIpc) is 3.22. The number of nitrogens with zero attached hydrogens (tertiary/aromatic N) is 2. The number of carbonyl (C=O) groups is 1. The fourth-order valence-corrected chi connectivity index (χ4v) is 3.61. The van der Waals surface area contributed by atoms with Gasteiger partial charge in [0, 0.05) is 35.5 Å². The number of nitrogens with one attached hydrogen (secondary N) is 1. The lowest BCUT2D eigenvalue weighted by Gasteiger charge is -2.14. The maximum atomic E-state index is 12.2. The molecule has 1 aromatic carbocycles. The van der Waals surface area contributed by atoms with Crippen LogP contribution in [-0.2, 0) is 0 Å². The third-order valence-electron chi connectivity index (χ3n) is 4.21. The number of non-ortho nitro benzene ring substituents is 1. The van der Waals surface area contributed by atoms with E-state index < -0.39 is 4.92 Å². The van der Waals surface area contributed by atoms with Gasteiger partial charge in [0.1, 0.15) is 10.7 Å². The number of aromatic nitrogens is 1. The molecule has 24 heavy (non-hydrogen) atoms. The predicted molar refractivity (Wildman–Crippen MR) is 89.9 cm³/mol. The summed E-state index contributed by atoms with van der Waals surface area (Å²) < 4.78 is 0. The molecule has 2 N–H and O–H groups in total. The summed E-state index contributed by atoms with van der Waals surface area (Å²) in [6.45, 7) is 0.449. The van der Waals surface area contributed by atoms with Crippen LogP contribution in [0.1, 0.15) is 29.8 Å². The average molecular weight is 347 g/mol. The minimum absolute atomic E-state index is 0.0170. The zero-order chi connectivity index (χ0) is 17.1. The van der Waals surface area contributed by atoms with Crippen LogP contribution in [0.3, 0.4) is 0 Å². The topological polar surface area (TPSA) is 105 Å². The highest BCUT2D eigenvalue weighted by Crippen LogP contribution is 2.26. The van der Waals surface area contributed by atoms with Gasteiger partial charge >= 0.3 is 0 Å². The van der Waals surface area contributed by atoms with Crippen molar-refractivity contribution in [3.63, 3.8) is 0 Å². The first kappa shape index (κ1) is 16.5. The van der Waals surface area contributed by atoms with E-state index in [1.165, 1.54) is 23.5 Å². The van der Waals surface area contributed by atoms with Crippen molar-refractivity contribution in [1.29, 1.82) is 0 Å². The van der Waals surface area contributed by atoms with E-state index in [0.29, 0.717) is 17.2 Å². The van der Waals surface area contributed by atoms with Crippen LogP contribution in [0.4, 0.5) is 5.69 Å². The number of aliphatic hydroxyl groups is 1. The first-order valence-corrected chi connectivity index (χ1v) is 8.59. The first-order chi connectivity index (χ1) is 11.5. The molecule has 0 saturated heterocycles. The van der Waals surface area contributed by atoms with E-state index in [-0.39, 0.29) is 23.6 Å². The Kier molecular flexibility index (Phi) is 4.86. The highest BCUT2D eigenvalue weighted by molar-refractivity contribution is 7.13. The summed E-state index contributed by atoms with van der Waals surface area (Å²) >= 11 is 1.31. The van der Waals surface area contributed by atoms with E-state index in [4.69, 9.17) is 0 Å². The van der Waals surface area contributed by atoms with E-state index in [1.54, 1.807) is 17.5 Å². The van der Waals surface area contributed by atoms with Crippen LogP contribution in [0.5, 0.6) is 0 Å². The van der Waals surface area contributed by atoms with E-state index >= 15 is 0 Å². The molecule has 2 atom stereocenters. The molecule has 0 spiro atoms. The maximum absolute atomic E-state index is 12.2. The molecule has 126 valence electrons. The Bertz CT molecular complexity index is 744. The van der Waals surface area contributed by atoms with Crippen LogP contribution in [-0.4, -0.2) is 33.6 Å². The van der Waals surface area contributed by atoms with Gasteiger partial charge in [-0.3, -0.25) is 14.9 Å². The van der Waals surface area contributed by atoms with Gasteiger partial charge in [-0.1, -0.05) is 6.42 Å². The quantitative estimate of drug-likeness (QED) is 0.639. The third-order valence-corrected chi connectivity index (χ3v) is 5.10. The lowest BCUT2D eigenvalue weighted by atomic mass is 10.1. The highest BCUT2D eigenvalue weighted by Gasteiger charge is 2.25. The van der Waals surface area contributed by atoms with Gasteiger partial charge in [-0.15, -0.1) is 11.3 Å². The number of benzene rings is 1. The number of nitro groups is 1. The smallest absolute Gasteiger partial charge is 0.270 e. The van der Waals surface area contributed by atoms with Gasteiger partial charge in [-0.25, -0.2) is 4.98 Å². The zero-order valence-corrected chi connectivity index (χ0v) is 13.7. The fourth-order valence-electron chi connectivity index (χ4n) is 2.81. The molecule has 0 aliphatic heterocycles. The molecule has 7 nitrogen and oxygen atoms in total. The predicted octanol–water partition coefficient (Wildman–Crippen LogP) is 2.61. The van der Waals surface area contributed by atoms with Crippen molar-refractivity contribution < 1.29 is 14.8 Å². The van der Waals surface area contributed by atoms with Crippen molar-refractivity contribution in [3.05, 3.63) is 45.5 Å². The second-order valence-corrected chi connectivity index (χ2v) is 6.67. The minimum Gasteiger partial charge on any atom is -0.393 e. The summed E-state index contributed by atoms with van der Waals surface area (Å²) in [5.74, 6) is -0.153. The van der Waals surface area contributed by atoms with E-state index in [2.05, 4.69) is 10.3 Å². The lowest BCUT2D eigenvalue weighted by molar-refractivity contribution is -0.384. The van der Waals surface area contributed by atoms with Crippen molar-refractivity contribution in [2.45, 2.75) is 25.4 Å². The van der Waals surface area contributed by atoms with Crippen LogP contribution >= 0.6 is 11.3 Å². The molecule has 1 aromatic heterocycles. The molecule has 8 heteroatoms. The summed E-state index contributed by atoms with van der Waals surface area (Å²) in [6.07, 6.45) is 2.37. The molecular weight excluding hydrogens is 330 g/mol. The number of carbonyl (C=O) groups excluding carboxylic acids is 1. The van der Waals surface area contributed by atoms with Crippen molar-refractivity contribution in [3.8, 4) is 10.6 Å². The van der Waals surface area contributed by atoms with Gasteiger partial charge in [0.2, 0.25) is 0 Å². The molecule has 2 aromatic rings. The summed E-state index contributed by atoms with van der Waals surface area (Å²) in [5, 5.41) is 25.6. The first-order valence-electron chi connectivity index (χ1n) is 7.71. The minimum atomic E-state index is -0.456. The SMILES string of the molecule is O=C(NCC1CCCC1O)c1csc(-c2ccc([N+](=O)[O-])cc2)n1. The molecule has 0 bridgehead atoms. The van der Waals surface area contributed by atoms with Gasteiger partial charge in [-0.2, -0.15) is 0 Å². The Balaban J connectivity index is 1.64. The van der Waals surface area contributed by atoms with Crippen LogP contribution in [0.15, 0.2) is 29.6 Å². The molecule has 1 saturated carbocycles. The Morgan fingerprint density at radius 1 is 1.38 bits per heavy atom. The number of hydrogen-bond acceptors (Lipinski definition) is 6. The number of aliphatic hydroxyl groups excluding tert-OH is 1. The normalized spacial score (nSPS) is 20.0. The summed E-state index contributed by atoms with van der Waals surface area (Å²) in [6, 6.07) is 6.07. The molecule has 1 aliphatic carbocycles. The fraction of sp³-hybridized carbons (Fsp3) is 0.375. The van der Waals surface area contributed by atoms with Crippen LogP contribution in [0.2, 0.25) is 0 Å². The van der Waals surface area contributed by atoms with Crippen LogP contribution < -0.4 is 5.32 Å². The van der Waals surface area contributed by atoms with Gasteiger partial charge < -0.3 is 10.4 Å². The number of rotatable bonds is 5. The van der Waals surface area contributed by atoms with Crippen molar-refractivity contribution in [1.82, 2.24) is 10.3 Å². The van der Waals surface area contributed by atoms with Crippen molar-refractivity contribution >= 4 is 22.9 Å². The monoisotopic (exact) mass is 347 g/mol. The largest absolute Gasteiger partial charge is 0.393 e. The van der Waals surface area contributed by atoms with Gasteiger partial charge in [-0.05, 0) is 25.0 Å². The number of thiazole rings is 1. The molecule has 1 amide bonds. The number of nitro benzene ring substituents is 1. The number of hydrogen-bond donors (Lipinski definition) is 2. The standard InChI is InChI=1S/C16H17N3O4S/c20-14-3-1-2-11(14)8-17-15(21)13-9-24-16(18-13)10-4-6-12(7-5-10)19(22)23/h4-7,9,11,14,20H,1-3,8H2,(H,17,21). The summed E-state index contributed by atoms with van der Waals surface area (Å²) in [5.41, 5.74) is 1.07. The van der Waals surface area contributed by atoms with Gasteiger partial charge in [0.25, 0.3) is 11.6 Å². The van der Waals surface area contributed by atoms with Crippen molar-refractivity contribution in [2.75, 3.05) is 6.54 Å². The molecule has 0 radical (unpaired) electrons. The van der Waals surface area contributed by atoms with Gasteiger partial charge in [0.05, 0.1) is 11.0 Å². The van der Waals surface area contributed by atoms with Gasteiger partial charge in [0.15, 0.2) is 0 Å². The van der Waals surface area contributed by atoms with Crippen LogP contribution in [0, 0.1) is 16.0 Å². The molecular formula is C16H17N3O4S. The molecule has 2 unspecified atom stereocenters. The van der Waals surface area contributed by atoms with Crippen LogP contribution in [0.25, 0.3) is 10.6 Å². The molecule has 1 heterocycles. The second-order valence-electron chi connectivity index (χ2n) is 5.81. The number of amides is 1. The van der Waals surface area contributed by atoms with E-state index in [9.17, 15) is 20.0 Å². The maximum Gasteiger partial charge on any atom is 0.270 e. The molecule has 1 aliphatic rings. The second kappa shape index (κ2) is 7.06.